The normalized spacial score (nSPS) is 19.6. The topological polar surface area (TPSA) is 112 Å². The third-order valence-electron chi connectivity index (χ3n) is 4.07. The fraction of sp³-hybridized carbons (Fsp3) is 0.294. The maximum Gasteiger partial charge on any atom is 0.405 e. The van der Waals surface area contributed by atoms with E-state index in [1.54, 1.807) is 19.1 Å². The Morgan fingerprint density at radius 1 is 1.48 bits per heavy atom. The summed E-state index contributed by atoms with van der Waals surface area (Å²) in [6.07, 6.45) is 4.27. The Morgan fingerprint density at radius 3 is 2.96 bits per heavy atom. The van der Waals surface area contributed by atoms with Gasteiger partial charge in [0.2, 0.25) is 5.91 Å². The van der Waals surface area contributed by atoms with Gasteiger partial charge in [-0.05, 0) is 12.1 Å². The Kier molecular flexibility index (Phi) is 5.15. The third-order valence-corrected chi connectivity index (χ3v) is 4.07. The number of halogens is 2. The number of alkyl halides is 2. The molecule has 2 aromatic heterocycles. The number of carbonyl (C=O) groups excluding carboxylic acids is 2. The van der Waals surface area contributed by atoms with Crippen LogP contribution in [0.15, 0.2) is 36.7 Å². The Hall–Kier alpha value is -3.30. The minimum atomic E-state index is -2.91. The first kappa shape index (κ1) is 18.5. The quantitative estimate of drug-likeness (QED) is 0.782. The standard InChI is InChI=1S/C17H17F2N5O3/c1-9-3-2-4-13(27-17(20)26)11-7-10(5-6-21-11)14-12(23-15(9)25)8-22-24(14)16(18)19/h2-3,5-9,13,16H,4H2,1H3,(H2,20,26)(H,23,25)/t9-,13?/m0/s1. The summed E-state index contributed by atoms with van der Waals surface area (Å²) in [6, 6.07) is 3.00. The molecule has 3 rings (SSSR count). The van der Waals surface area contributed by atoms with E-state index < -0.39 is 24.7 Å². The van der Waals surface area contributed by atoms with Crippen LogP contribution in [0.2, 0.25) is 0 Å². The fourth-order valence-corrected chi connectivity index (χ4v) is 2.77. The smallest absolute Gasteiger partial charge is 0.405 e. The Morgan fingerprint density at radius 2 is 2.26 bits per heavy atom. The highest BCUT2D eigenvalue weighted by Gasteiger charge is 2.24. The van der Waals surface area contributed by atoms with Crippen LogP contribution < -0.4 is 11.1 Å². The van der Waals surface area contributed by atoms with Gasteiger partial charge in [-0.2, -0.15) is 13.9 Å². The monoisotopic (exact) mass is 377 g/mol. The van der Waals surface area contributed by atoms with Crippen LogP contribution >= 0.6 is 0 Å². The summed E-state index contributed by atoms with van der Waals surface area (Å²) < 4.78 is 32.4. The van der Waals surface area contributed by atoms with Crippen molar-refractivity contribution in [2.75, 3.05) is 5.32 Å². The highest BCUT2D eigenvalue weighted by molar-refractivity contribution is 5.96. The number of nitrogens with two attached hydrogens (primary N) is 1. The second-order valence-electron chi connectivity index (χ2n) is 5.97. The van der Waals surface area contributed by atoms with E-state index in [0.29, 0.717) is 15.9 Å². The van der Waals surface area contributed by atoms with Gasteiger partial charge in [-0.15, -0.1) is 0 Å². The number of fused-ring (bicyclic) bond motifs is 4. The van der Waals surface area contributed by atoms with Gasteiger partial charge in [0.15, 0.2) is 0 Å². The summed E-state index contributed by atoms with van der Waals surface area (Å²) in [7, 11) is 0. The first-order valence-corrected chi connectivity index (χ1v) is 8.12. The number of pyridine rings is 1. The van der Waals surface area contributed by atoms with Crippen LogP contribution in [0.3, 0.4) is 0 Å². The number of rotatable bonds is 2. The maximum absolute atomic E-state index is 13.4. The van der Waals surface area contributed by atoms with Crippen LogP contribution in [-0.2, 0) is 9.53 Å². The Labute approximate surface area is 153 Å². The molecule has 1 unspecified atom stereocenters. The van der Waals surface area contributed by atoms with Crippen molar-refractivity contribution in [3.63, 3.8) is 0 Å². The van der Waals surface area contributed by atoms with Gasteiger partial charge in [0.25, 0.3) is 0 Å². The summed E-state index contributed by atoms with van der Waals surface area (Å²) >= 11 is 0. The van der Waals surface area contributed by atoms with E-state index in [1.807, 2.05) is 0 Å². The van der Waals surface area contributed by atoms with Gasteiger partial charge < -0.3 is 15.8 Å². The highest BCUT2D eigenvalue weighted by Crippen LogP contribution is 2.33. The predicted octanol–water partition coefficient (Wildman–Crippen LogP) is 3.01. The van der Waals surface area contributed by atoms with Gasteiger partial charge in [-0.25, -0.2) is 9.48 Å². The molecule has 2 bridgehead atoms. The van der Waals surface area contributed by atoms with Gasteiger partial charge in [0.1, 0.15) is 6.10 Å². The van der Waals surface area contributed by atoms with E-state index >= 15 is 0 Å². The molecule has 0 spiro atoms. The molecule has 27 heavy (non-hydrogen) atoms. The molecule has 10 heteroatoms. The SMILES string of the molecule is C[C@H]1C=CCC(OC(N)=O)c2cc(ccn2)-c2c(cnn2C(F)F)NC1=O. The molecule has 0 saturated carbocycles. The molecule has 2 amide bonds. The first-order chi connectivity index (χ1) is 12.9. The lowest BCUT2D eigenvalue weighted by molar-refractivity contribution is -0.118. The van der Waals surface area contributed by atoms with E-state index in [9.17, 15) is 18.4 Å². The second-order valence-corrected chi connectivity index (χ2v) is 5.97. The molecular formula is C17H17F2N5O3. The van der Waals surface area contributed by atoms with E-state index in [-0.39, 0.29) is 23.7 Å². The summed E-state index contributed by atoms with van der Waals surface area (Å²) in [5, 5.41) is 6.30. The van der Waals surface area contributed by atoms with Crippen molar-refractivity contribution in [2.45, 2.75) is 26.0 Å². The van der Waals surface area contributed by atoms with Crippen molar-refractivity contribution in [3.05, 3.63) is 42.4 Å². The Bertz CT molecular complexity index is 896. The largest absolute Gasteiger partial charge is 0.440 e. The molecule has 0 aliphatic carbocycles. The number of nitrogens with zero attached hydrogens (tertiary/aromatic N) is 3. The van der Waals surface area contributed by atoms with Gasteiger partial charge in [-0.3, -0.25) is 9.78 Å². The van der Waals surface area contributed by atoms with Crippen LogP contribution in [0.4, 0.5) is 19.3 Å². The van der Waals surface area contributed by atoms with Crippen molar-refractivity contribution >= 4 is 17.7 Å². The molecule has 0 aromatic carbocycles. The fourth-order valence-electron chi connectivity index (χ4n) is 2.77. The molecule has 2 aromatic rings. The van der Waals surface area contributed by atoms with Gasteiger partial charge in [0, 0.05) is 18.2 Å². The number of aromatic nitrogens is 3. The molecule has 3 N–H and O–H groups in total. The molecule has 8 nitrogen and oxygen atoms in total. The zero-order valence-corrected chi connectivity index (χ0v) is 14.3. The van der Waals surface area contributed by atoms with Crippen molar-refractivity contribution in [1.82, 2.24) is 14.8 Å². The van der Waals surface area contributed by atoms with Crippen LogP contribution in [0.5, 0.6) is 0 Å². The number of ether oxygens (including phenoxy) is 1. The summed E-state index contributed by atoms with van der Waals surface area (Å²) in [5.74, 6) is -0.934. The lowest BCUT2D eigenvalue weighted by Gasteiger charge is -2.18. The van der Waals surface area contributed by atoms with E-state index in [4.69, 9.17) is 10.5 Å². The molecule has 142 valence electrons. The van der Waals surface area contributed by atoms with Gasteiger partial charge in [0.05, 0.1) is 29.2 Å². The van der Waals surface area contributed by atoms with Crippen LogP contribution in [0, 0.1) is 5.92 Å². The first-order valence-electron chi connectivity index (χ1n) is 8.12. The predicted molar refractivity (Wildman–Crippen MR) is 91.7 cm³/mol. The molecule has 2 atom stereocenters. The molecule has 3 heterocycles. The number of nitrogens with one attached hydrogen (secondary N) is 1. The summed E-state index contributed by atoms with van der Waals surface area (Å²) in [5.41, 5.74) is 5.97. The zero-order chi connectivity index (χ0) is 19.6. The van der Waals surface area contributed by atoms with Crippen molar-refractivity contribution in [1.29, 1.82) is 0 Å². The van der Waals surface area contributed by atoms with Crippen LogP contribution in [-0.4, -0.2) is 26.8 Å². The number of anilines is 1. The minimum absolute atomic E-state index is 0.0246. The third kappa shape index (κ3) is 3.94. The number of hydrogen-bond donors (Lipinski definition) is 2. The lowest BCUT2D eigenvalue weighted by atomic mass is 10.0. The van der Waals surface area contributed by atoms with Crippen LogP contribution in [0.25, 0.3) is 11.3 Å². The van der Waals surface area contributed by atoms with Crippen molar-refractivity contribution in [2.24, 2.45) is 11.7 Å². The molecule has 1 aliphatic rings. The van der Waals surface area contributed by atoms with Crippen LogP contribution in [0.1, 0.15) is 31.7 Å². The van der Waals surface area contributed by atoms with E-state index in [1.165, 1.54) is 24.5 Å². The molecule has 1 aliphatic heterocycles. The summed E-state index contributed by atoms with van der Waals surface area (Å²) in [6.45, 7) is -1.26. The summed E-state index contributed by atoms with van der Waals surface area (Å²) in [4.78, 5) is 27.7. The van der Waals surface area contributed by atoms with Crippen molar-refractivity contribution < 1.29 is 23.1 Å². The van der Waals surface area contributed by atoms with E-state index in [0.717, 1.165) is 0 Å². The number of carbonyl (C=O) groups is 2. The van der Waals surface area contributed by atoms with Gasteiger partial charge in [-0.1, -0.05) is 19.1 Å². The van der Waals surface area contributed by atoms with Crippen molar-refractivity contribution in [3.8, 4) is 11.3 Å². The van der Waals surface area contributed by atoms with Gasteiger partial charge >= 0.3 is 12.6 Å². The average molecular weight is 377 g/mol. The van der Waals surface area contributed by atoms with E-state index in [2.05, 4.69) is 15.4 Å². The average Bonchev–Trinajstić information content (AvgIpc) is 3.03. The number of hydrogen-bond acceptors (Lipinski definition) is 5. The zero-order valence-electron chi connectivity index (χ0n) is 14.3. The lowest BCUT2D eigenvalue weighted by Crippen LogP contribution is -2.20. The highest BCUT2D eigenvalue weighted by atomic mass is 19.3. The second kappa shape index (κ2) is 7.52. The Balaban J connectivity index is 2.17. The molecule has 0 fully saturated rings. The maximum atomic E-state index is 13.4. The molecule has 0 saturated heterocycles. The molecular weight excluding hydrogens is 360 g/mol. The number of amides is 2. The minimum Gasteiger partial charge on any atom is -0.440 e. The molecule has 0 radical (unpaired) electrons. The number of primary amides is 1.